The molecule has 0 aliphatic rings. The number of nitrogens with zero attached hydrogens (tertiary/aromatic N) is 5. The molecule has 3 rings (SSSR count). The van der Waals surface area contributed by atoms with E-state index in [0.29, 0.717) is 17.5 Å². The molecular weight excluding hydrogens is 294 g/mol. The molecule has 0 amide bonds. The zero-order chi connectivity index (χ0) is 13.9. The molecule has 6 nitrogen and oxygen atoms in total. The SMILES string of the molecule is Cc1nnc(CSc2nnc(Cc3cccs3)n2C)o1. The number of hydrogen-bond acceptors (Lipinski definition) is 7. The van der Waals surface area contributed by atoms with Crippen LogP contribution in [-0.4, -0.2) is 25.0 Å². The molecule has 0 aliphatic carbocycles. The van der Waals surface area contributed by atoms with E-state index in [1.807, 2.05) is 17.7 Å². The Hall–Kier alpha value is -1.67. The molecule has 20 heavy (non-hydrogen) atoms. The van der Waals surface area contributed by atoms with E-state index in [1.54, 1.807) is 30.0 Å². The predicted octanol–water partition coefficient (Wildman–Crippen LogP) is 2.45. The van der Waals surface area contributed by atoms with Crippen molar-refractivity contribution in [3.05, 3.63) is 40.0 Å². The Kier molecular flexibility index (Phi) is 3.83. The van der Waals surface area contributed by atoms with Crippen molar-refractivity contribution in [3.63, 3.8) is 0 Å². The quantitative estimate of drug-likeness (QED) is 0.674. The second kappa shape index (κ2) is 5.76. The van der Waals surface area contributed by atoms with E-state index in [-0.39, 0.29) is 0 Å². The molecule has 0 saturated carbocycles. The highest BCUT2D eigenvalue weighted by atomic mass is 32.2. The predicted molar refractivity (Wildman–Crippen MR) is 76.7 cm³/mol. The van der Waals surface area contributed by atoms with Crippen LogP contribution in [0.15, 0.2) is 27.1 Å². The molecule has 0 atom stereocenters. The van der Waals surface area contributed by atoms with Crippen LogP contribution in [0.1, 0.15) is 22.5 Å². The third kappa shape index (κ3) is 2.91. The smallest absolute Gasteiger partial charge is 0.226 e. The molecule has 3 aromatic rings. The fourth-order valence-electron chi connectivity index (χ4n) is 1.72. The Morgan fingerprint density at radius 1 is 1.30 bits per heavy atom. The molecule has 3 heterocycles. The molecule has 0 radical (unpaired) electrons. The number of aryl methyl sites for hydroxylation is 1. The maximum absolute atomic E-state index is 5.34. The molecule has 0 N–H and O–H groups in total. The van der Waals surface area contributed by atoms with Gasteiger partial charge in [0.25, 0.3) is 0 Å². The van der Waals surface area contributed by atoms with Crippen molar-refractivity contribution in [1.29, 1.82) is 0 Å². The van der Waals surface area contributed by atoms with Gasteiger partial charge in [0.05, 0.1) is 5.75 Å². The van der Waals surface area contributed by atoms with Crippen LogP contribution >= 0.6 is 23.1 Å². The van der Waals surface area contributed by atoms with Gasteiger partial charge in [-0.25, -0.2) is 0 Å². The van der Waals surface area contributed by atoms with Crippen molar-refractivity contribution in [3.8, 4) is 0 Å². The first-order valence-electron chi connectivity index (χ1n) is 6.05. The van der Waals surface area contributed by atoms with E-state index in [9.17, 15) is 0 Å². The van der Waals surface area contributed by atoms with Crippen LogP contribution in [0, 0.1) is 6.92 Å². The minimum absolute atomic E-state index is 0.581. The molecule has 0 saturated heterocycles. The Bertz CT molecular complexity index is 689. The van der Waals surface area contributed by atoms with Crippen LogP contribution in [0.3, 0.4) is 0 Å². The third-order valence-electron chi connectivity index (χ3n) is 2.73. The topological polar surface area (TPSA) is 69.6 Å². The summed E-state index contributed by atoms with van der Waals surface area (Å²) >= 11 is 3.27. The summed E-state index contributed by atoms with van der Waals surface area (Å²) < 4.78 is 7.35. The van der Waals surface area contributed by atoms with Crippen molar-refractivity contribution in [2.24, 2.45) is 7.05 Å². The van der Waals surface area contributed by atoms with E-state index in [1.165, 1.54) is 4.88 Å². The molecule has 0 spiro atoms. The Labute approximate surface area is 124 Å². The van der Waals surface area contributed by atoms with Gasteiger partial charge in [-0.05, 0) is 11.4 Å². The maximum atomic E-state index is 5.34. The second-order valence-corrected chi connectivity index (χ2v) is 6.19. The van der Waals surface area contributed by atoms with Crippen molar-refractivity contribution in [2.75, 3.05) is 0 Å². The molecule has 3 aromatic heterocycles. The summed E-state index contributed by atoms with van der Waals surface area (Å²) in [6.45, 7) is 1.78. The van der Waals surface area contributed by atoms with Gasteiger partial charge in [0, 0.05) is 25.3 Å². The van der Waals surface area contributed by atoms with Gasteiger partial charge in [0.2, 0.25) is 11.8 Å². The van der Waals surface area contributed by atoms with E-state index in [2.05, 4.69) is 31.8 Å². The zero-order valence-corrected chi connectivity index (χ0v) is 12.7. The number of thiophene rings is 1. The summed E-state index contributed by atoms with van der Waals surface area (Å²) in [6, 6.07) is 4.15. The molecule has 8 heteroatoms. The average Bonchev–Trinajstić information content (AvgIpc) is 3.14. The monoisotopic (exact) mass is 307 g/mol. The lowest BCUT2D eigenvalue weighted by molar-refractivity contribution is 0.485. The summed E-state index contributed by atoms with van der Waals surface area (Å²) in [5.74, 6) is 2.75. The summed E-state index contributed by atoms with van der Waals surface area (Å²) in [7, 11) is 1.98. The molecule has 0 aliphatic heterocycles. The lowest BCUT2D eigenvalue weighted by atomic mass is 10.3. The van der Waals surface area contributed by atoms with Gasteiger partial charge in [-0.1, -0.05) is 17.8 Å². The van der Waals surface area contributed by atoms with Gasteiger partial charge >= 0.3 is 0 Å². The molecular formula is C12H13N5OS2. The van der Waals surface area contributed by atoms with Crippen LogP contribution < -0.4 is 0 Å². The van der Waals surface area contributed by atoms with Crippen molar-refractivity contribution < 1.29 is 4.42 Å². The van der Waals surface area contributed by atoms with Crippen LogP contribution in [0.4, 0.5) is 0 Å². The fourth-order valence-corrected chi connectivity index (χ4v) is 3.18. The van der Waals surface area contributed by atoms with Crippen LogP contribution in [0.25, 0.3) is 0 Å². The zero-order valence-electron chi connectivity index (χ0n) is 11.1. The van der Waals surface area contributed by atoms with Crippen LogP contribution in [0.2, 0.25) is 0 Å². The summed E-state index contributed by atoms with van der Waals surface area (Å²) in [6.07, 6.45) is 0.807. The van der Waals surface area contributed by atoms with E-state index in [0.717, 1.165) is 17.4 Å². The Morgan fingerprint density at radius 2 is 2.20 bits per heavy atom. The largest absolute Gasteiger partial charge is 0.425 e. The highest BCUT2D eigenvalue weighted by Gasteiger charge is 2.12. The minimum atomic E-state index is 0.581. The van der Waals surface area contributed by atoms with Crippen molar-refractivity contribution in [2.45, 2.75) is 24.3 Å². The minimum Gasteiger partial charge on any atom is -0.425 e. The first-order valence-corrected chi connectivity index (χ1v) is 7.91. The van der Waals surface area contributed by atoms with Gasteiger partial charge < -0.3 is 8.98 Å². The Balaban J connectivity index is 1.67. The molecule has 0 aromatic carbocycles. The number of hydrogen-bond donors (Lipinski definition) is 0. The summed E-state index contributed by atoms with van der Waals surface area (Å²) in [5, 5.41) is 19.1. The van der Waals surface area contributed by atoms with E-state index >= 15 is 0 Å². The first kappa shape index (κ1) is 13.3. The molecule has 0 unspecified atom stereocenters. The summed E-state index contributed by atoms with van der Waals surface area (Å²) in [4.78, 5) is 1.28. The third-order valence-corrected chi connectivity index (χ3v) is 4.61. The highest BCUT2D eigenvalue weighted by Crippen LogP contribution is 2.22. The van der Waals surface area contributed by atoms with Crippen molar-refractivity contribution >= 4 is 23.1 Å². The van der Waals surface area contributed by atoms with Crippen LogP contribution in [-0.2, 0) is 19.2 Å². The highest BCUT2D eigenvalue weighted by molar-refractivity contribution is 7.98. The average molecular weight is 307 g/mol. The standard InChI is InChI=1S/C12H13N5OS2/c1-8-13-15-11(18-8)7-20-12-16-14-10(17(12)2)6-9-4-3-5-19-9/h3-5H,6-7H2,1-2H3. The molecule has 104 valence electrons. The fraction of sp³-hybridized carbons (Fsp3) is 0.333. The van der Waals surface area contributed by atoms with E-state index in [4.69, 9.17) is 4.42 Å². The molecule has 0 fully saturated rings. The number of thioether (sulfide) groups is 1. The normalized spacial score (nSPS) is 11.1. The van der Waals surface area contributed by atoms with Crippen molar-refractivity contribution in [1.82, 2.24) is 25.0 Å². The van der Waals surface area contributed by atoms with Gasteiger partial charge in [-0.2, -0.15) is 0 Å². The lowest BCUT2D eigenvalue weighted by Crippen LogP contribution is -1.99. The summed E-state index contributed by atoms with van der Waals surface area (Å²) in [5.41, 5.74) is 0. The second-order valence-electron chi connectivity index (χ2n) is 4.22. The first-order chi connectivity index (χ1) is 9.72. The van der Waals surface area contributed by atoms with Gasteiger partial charge in [-0.15, -0.1) is 31.7 Å². The lowest BCUT2D eigenvalue weighted by Gasteiger charge is -2.01. The van der Waals surface area contributed by atoms with Gasteiger partial charge in [-0.3, -0.25) is 0 Å². The van der Waals surface area contributed by atoms with Gasteiger partial charge in [0.1, 0.15) is 5.82 Å². The van der Waals surface area contributed by atoms with Gasteiger partial charge in [0.15, 0.2) is 5.16 Å². The maximum Gasteiger partial charge on any atom is 0.226 e. The molecule has 0 bridgehead atoms. The number of aromatic nitrogens is 5. The van der Waals surface area contributed by atoms with Crippen LogP contribution in [0.5, 0.6) is 0 Å². The Morgan fingerprint density at radius 3 is 2.90 bits per heavy atom. The van der Waals surface area contributed by atoms with E-state index < -0.39 is 0 Å². The number of rotatable bonds is 5.